The topological polar surface area (TPSA) is 84.4 Å². The van der Waals surface area contributed by atoms with E-state index in [1.54, 1.807) is 25.3 Å². The van der Waals surface area contributed by atoms with Gasteiger partial charge in [0.2, 0.25) is 0 Å². The SMILES string of the molecule is CNc1c([O-])cccc1C=C(O)C(=O)NC=Cc1ccccc1. The Morgan fingerprint density at radius 3 is 2.57 bits per heavy atom. The Kier molecular flexibility index (Phi) is 5.41. The molecule has 0 heterocycles. The van der Waals surface area contributed by atoms with E-state index in [4.69, 9.17) is 0 Å². The number of benzene rings is 2. The standard InChI is InChI=1S/C18H18N2O3/c1-19-17-14(8-5-9-15(17)21)12-16(22)18(23)20-11-10-13-6-3-2-4-7-13/h2-12,19,21-22H,1H3,(H,20,23)/p-1. The molecule has 0 fully saturated rings. The molecule has 0 aliphatic carbocycles. The third kappa shape index (κ3) is 4.38. The van der Waals surface area contributed by atoms with E-state index in [0.29, 0.717) is 11.3 Å². The summed E-state index contributed by atoms with van der Waals surface area (Å²) in [6.45, 7) is 0. The van der Waals surface area contributed by atoms with Crippen LogP contribution in [0.2, 0.25) is 0 Å². The molecular weight excluding hydrogens is 292 g/mol. The normalized spacial score (nSPS) is 11.4. The van der Waals surface area contributed by atoms with Crippen molar-refractivity contribution in [2.75, 3.05) is 12.4 Å². The van der Waals surface area contributed by atoms with Crippen LogP contribution in [-0.4, -0.2) is 18.1 Å². The lowest BCUT2D eigenvalue weighted by molar-refractivity contribution is -0.267. The monoisotopic (exact) mass is 309 g/mol. The summed E-state index contributed by atoms with van der Waals surface area (Å²) in [5, 5.41) is 26.8. The maximum absolute atomic E-state index is 11.8. The predicted octanol–water partition coefficient (Wildman–Crippen LogP) is 2.49. The second-order valence-electron chi connectivity index (χ2n) is 4.72. The lowest BCUT2D eigenvalue weighted by Gasteiger charge is -2.15. The molecule has 0 aromatic heterocycles. The van der Waals surface area contributed by atoms with Crippen molar-refractivity contribution in [1.82, 2.24) is 5.32 Å². The van der Waals surface area contributed by atoms with Crippen LogP contribution in [0.25, 0.3) is 12.2 Å². The summed E-state index contributed by atoms with van der Waals surface area (Å²) in [5.74, 6) is -1.35. The van der Waals surface area contributed by atoms with Crippen LogP contribution in [-0.2, 0) is 4.79 Å². The molecule has 2 aromatic carbocycles. The van der Waals surface area contributed by atoms with Gasteiger partial charge in [-0.2, -0.15) is 0 Å². The van der Waals surface area contributed by atoms with Crippen LogP contribution >= 0.6 is 0 Å². The first-order valence-corrected chi connectivity index (χ1v) is 7.02. The Bertz CT molecular complexity index is 737. The molecule has 0 saturated heterocycles. The Balaban J connectivity index is 2.08. The summed E-state index contributed by atoms with van der Waals surface area (Å²) in [6, 6.07) is 14.0. The number of hydrogen-bond acceptors (Lipinski definition) is 4. The number of aliphatic hydroxyl groups is 1. The molecule has 0 unspecified atom stereocenters. The molecule has 2 aromatic rings. The highest BCUT2D eigenvalue weighted by Gasteiger charge is 2.07. The van der Waals surface area contributed by atoms with Gasteiger partial charge in [-0.15, -0.1) is 0 Å². The average molecular weight is 309 g/mol. The van der Waals surface area contributed by atoms with E-state index < -0.39 is 11.7 Å². The van der Waals surface area contributed by atoms with Crippen molar-refractivity contribution >= 4 is 23.7 Å². The van der Waals surface area contributed by atoms with Gasteiger partial charge in [-0.3, -0.25) is 4.79 Å². The molecule has 0 radical (unpaired) electrons. The van der Waals surface area contributed by atoms with E-state index in [0.717, 1.165) is 5.56 Å². The van der Waals surface area contributed by atoms with Gasteiger partial charge in [0.1, 0.15) is 0 Å². The fraction of sp³-hybridized carbons (Fsp3) is 0.0556. The summed E-state index contributed by atoms with van der Waals surface area (Å²) in [4.78, 5) is 11.8. The lowest BCUT2D eigenvalue weighted by Crippen LogP contribution is -2.18. The highest BCUT2D eigenvalue weighted by Crippen LogP contribution is 2.25. The number of anilines is 1. The lowest BCUT2D eigenvalue weighted by atomic mass is 10.1. The van der Waals surface area contributed by atoms with Gasteiger partial charge in [-0.05, 0) is 17.7 Å². The molecule has 0 aliphatic heterocycles. The van der Waals surface area contributed by atoms with Gasteiger partial charge >= 0.3 is 0 Å². The van der Waals surface area contributed by atoms with Gasteiger partial charge < -0.3 is 20.8 Å². The smallest absolute Gasteiger partial charge is 0.290 e. The Morgan fingerprint density at radius 1 is 1.13 bits per heavy atom. The van der Waals surface area contributed by atoms with E-state index in [1.807, 2.05) is 30.3 Å². The molecule has 1 amide bonds. The minimum atomic E-state index is -0.657. The summed E-state index contributed by atoms with van der Waals surface area (Å²) >= 11 is 0. The predicted molar refractivity (Wildman–Crippen MR) is 89.7 cm³/mol. The molecule has 0 spiro atoms. The van der Waals surface area contributed by atoms with Crippen molar-refractivity contribution in [3.8, 4) is 5.75 Å². The van der Waals surface area contributed by atoms with Gasteiger partial charge in [0.25, 0.3) is 5.91 Å². The zero-order valence-corrected chi connectivity index (χ0v) is 12.6. The molecular formula is C18H17N2O3-. The first-order chi connectivity index (χ1) is 11.1. The van der Waals surface area contributed by atoms with Crippen molar-refractivity contribution in [1.29, 1.82) is 0 Å². The molecule has 5 heteroatoms. The fourth-order valence-corrected chi connectivity index (χ4v) is 2.00. The number of carbonyl (C=O) groups is 1. The average Bonchev–Trinajstić information content (AvgIpc) is 2.56. The number of nitrogens with one attached hydrogen (secondary N) is 2. The van der Waals surface area contributed by atoms with Crippen LogP contribution in [0.1, 0.15) is 11.1 Å². The highest BCUT2D eigenvalue weighted by atomic mass is 16.3. The van der Waals surface area contributed by atoms with Gasteiger partial charge in [0.05, 0.1) is 0 Å². The number of hydrogen-bond donors (Lipinski definition) is 3. The maximum atomic E-state index is 11.8. The van der Waals surface area contributed by atoms with Crippen molar-refractivity contribution in [2.24, 2.45) is 0 Å². The van der Waals surface area contributed by atoms with E-state index in [2.05, 4.69) is 10.6 Å². The van der Waals surface area contributed by atoms with Crippen LogP contribution in [0.3, 0.4) is 0 Å². The molecule has 0 aliphatic rings. The van der Waals surface area contributed by atoms with Crippen molar-refractivity contribution in [2.45, 2.75) is 0 Å². The van der Waals surface area contributed by atoms with E-state index >= 15 is 0 Å². The van der Waals surface area contributed by atoms with E-state index in [-0.39, 0.29) is 5.75 Å². The largest absolute Gasteiger partial charge is 0.871 e. The number of rotatable bonds is 5. The second-order valence-corrected chi connectivity index (χ2v) is 4.72. The fourth-order valence-electron chi connectivity index (χ4n) is 2.00. The number of carbonyl (C=O) groups excluding carboxylic acids is 1. The third-order valence-electron chi connectivity index (χ3n) is 3.12. The minimum absolute atomic E-state index is 0.210. The molecule has 3 N–H and O–H groups in total. The maximum Gasteiger partial charge on any atom is 0.290 e. The molecule has 23 heavy (non-hydrogen) atoms. The van der Waals surface area contributed by atoms with Crippen molar-refractivity contribution < 1.29 is 15.0 Å². The van der Waals surface area contributed by atoms with Gasteiger partial charge in [-0.1, -0.05) is 54.3 Å². The first-order valence-electron chi connectivity index (χ1n) is 7.02. The Hall–Kier alpha value is -3.21. The first kappa shape index (κ1) is 16.2. The van der Waals surface area contributed by atoms with Crippen LogP contribution in [0.4, 0.5) is 5.69 Å². The Morgan fingerprint density at radius 2 is 1.87 bits per heavy atom. The summed E-state index contributed by atoms with van der Waals surface area (Å²) in [7, 11) is 1.60. The molecule has 5 nitrogen and oxygen atoms in total. The van der Waals surface area contributed by atoms with Crippen LogP contribution in [0, 0.1) is 0 Å². The second kappa shape index (κ2) is 7.70. The van der Waals surface area contributed by atoms with Gasteiger partial charge in [0.15, 0.2) is 5.76 Å². The summed E-state index contributed by atoms with van der Waals surface area (Å²) < 4.78 is 0. The Labute approximate surface area is 134 Å². The zero-order chi connectivity index (χ0) is 16.7. The van der Waals surface area contributed by atoms with Gasteiger partial charge in [0, 0.05) is 24.5 Å². The molecule has 0 bridgehead atoms. The quantitative estimate of drug-likeness (QED) is 0.585. The van der Waals surface area contributed by atoms with Crippen LogP contribution in [0.5, 0.6) is 5.75 Å². The summed E-state index contributed by atoms with van der Waals surface area (Å²) in [5.41, 5.74) is 1.69. The van der Waals surface area contributed by atoms with Crippen molar-refractivity contribution in [3.63, 3.8) is 0 Å². The molecule has 2 rings (SSSR count). The molecule has 118 valence electrons. The molecule has 0 saturated carbocycles. The highest BCUT2D eigenvalue weighted by molar-refractivity contribution is 5.97. The molecule has 0 atom stereocenters. The van der Waals surface area contributed by atoms with Gasteiger partial charge in [-0.25, -0.2) is 0 Å². The number of para-hydroxylation sites is 1. The summed E-state index contributed by atoms with van der Waals surface area (Å²) in [6.07, 6.45) is 4.41. The number of aliphatic hydroxyl groups excluding tert-OH is 1. The third-order valence-corrected chi connectivity index (χ3v) is 3.12. The van der Waals surface area contributed by atoms with Crippen molar-refractivity contribution in [3.05, 3.63) is 71.6 Å². The minimum Gasteiger partial charge on any atom is -0.871 e. The van der Waals surface area contributed by atoms with E-state index in [1.165, 1.54) is 18.3 Å². The zero-order valence-electron chi connectivity index (χ0n) is 12.6. The van der Waals surface area contributed by atoms with E-state index in [9.17, 15) is 15.0 Å². The van der Waals surface area contributed by atoms with Crippen LogP contribution < -0.4 is 15.7 Å². The number of amides is 1. The van der Waals surface area contributed by atoms with Crippen LogP contribution in [0.15, 0.2) is 60.5 Å².